The molecule has 6 heteroatoms. The molecule has 1 saturated carbocycles. The Bertz CT molecular complexity index is 406. The third-order valence-corrected chi connectivity index (χ3v) is 4.77. The molecule has 1 aromatic heterocycles. The van der Waals surface area contributed by atoms with Crippen LogP contribution in [-0.4, -0.2) is 44.9 Å². The molecule has 2 heterocycles. The highest BCUT2D eigenvalue weighted by Crippen LogP contribution is 2.35. The topological polar surface area (TPSA) is 69.5 Å². The summed E-state index contributed by atoms with van der Waals surface area (Å²) in [6, 6.07) is -0.00984. The summed E-state index contributed by atoms with van der Waals surface area (Å²) >= 11 is 1.40. The van der Waals surface area contributed by atoms with Gasteiger partial charge in [0.15, 0.2) is 0 Å². The standard InChI is InChI=1S/C12H19N3O2S/c16-7-9-5-10(17)6-15(9)12-13-11(14-18-12)8-3-1-2-4-8/h8-10,16-17H,1-7H2/t9-,10-/m0/s1. The van der Waals surface area contributed by atoms with Gasteiger partial charge in [-0.05, 0) is 19.3 Å². The van der Waals surface area contributed by atoms with Gasteiger partial charge in [-0.15, -0.1) is 0 Å². The van der Waals surface area contributed by atoms with Gasteiger partial charge in [0.25, 0.3) is 0 Å². The molecule has 0 radical (unpaired) electrons. The molecule has 2 aliphatic rings. The zero-order valence-corrected chi connectivity index (χ0v) is 11.1. The number of hydrogen-bond acceptors (Lipinski definition) is 6. The Morgan fingerprint density at radius 2 is 2.11 bits per heavy atom. The summed E-state index contributed by atoms with van der Waals surface area (Å²) in [6.07, 6.45) is 5.21. The molecule has 0 spiro atoms. The van der Waals surface area contributed by atoms with Crippen LogP contribution in [0.4, 0.5) is 5.13 Å². The Labute approximate surface area is 111 Å². The maximum Gasteiger partial charge on any atom is 0.205 e. The molecular weight excluding hydrogens is 250 g/mol. The maximum atomic E-state index is 9.68. The molecule has 0 unspecified atom stereocenters. The predicted octanol–water partition coefficient (Wildman–Crippen LogP) is 1.13. The van der Waals surface area contributed by atoms with Gasteiger partial charge in [-0.1, -0.05) is 12.8 Å². The summed E-state index contributed by atoms with van der Waals surface area (Å²) in [5.41, 5.74) is 0. The molecule has 2 N–H and O–H groups in total. The molecule has 3 rings (SSSR count). The van der Waals surface area contributed by atoms with E-state index in [1.54, 1.807) is 0 Å². The Morgan fingerprint density at radius 1 is 1.33 bits per heavy atom. The second-order valence-corrected chi connectivity index (χ2v) is 6.03. The quantitative estimate of drug-likeness (QED) is 0.861. The van der Waals surface area contributed by atoms with Gasteiger partial charge >= 0.3 is 0 Å². The minimum absolute atomic E-state index is 0.00984. The lowest BCUT2D eigenvalue weighted by molar-refractivity contribution is 0.184. The van der Waals surface area contributed by atoms with Crippen molar-refractivity contribution in [2.45, 2.75) is 50.2 Å². The van der Waals surface area contributed by atoms with E-state index in [-0.39, 0.29) is 18.8 Å². The van der Waals surface area contributed by atoms with Crippen molar-refractivity contribution >= 4 is 16.7 Å². The molecule has 5 nitrogen and oxygen atoms in total. The van der Waals surface area contributed by atoms with Gasteiger partial charge in [-0.2, -0.15) is 4.37 Å². The van der Waals surface area contributed by atoms with Crippen molar-refractivity contribution in [3.63, 3.8) is 0 Å². The van der Waals surface area contributed by atoms with Gasteiger partial charge < -0.3 is 15.1 Å². The first-order chi connectivity index (χ1) is 8.78. The first kappa shape index (κ1) is 12.3. The highest BCUT2D eigenvalue weighted by Gasteiger charge is 2.33. The van der Waals surface area contributed by atoms with E-state index in [1.807, 2.05) is 4.90 Å². The van der Waals surface area contributed by atoms with E-state index >= 15 is 0 Å². The van der Waals surface area contributed by atoms with Crippen molar-refractivity contribution in [1.29, 1.82) is 0 Å². The van der Waals surface area contributed by atoms with Crippen molar-refractivity contribution in [2.75, 3.05) is 18.1 Å². The van der Waals surface area contributed by atoms with Crippen LogP contribution >= 0.6 is 11.5 Å². The SMILES string of the molecule is OC[C@@H]1C[C@H](O)CN1c1nc(C2CCCC2)ns1. The van der Waals surface area contributed by atoms with Crippen molar-refractivity contribution in [3.8, 4) is 0 Å². The molecule has 100 valence electrons. The number of aromatic nitrogens is 2. The van der Waals surface area contributed by atoms with Crippen LogP contribution in [0.25, 0.3) is 0 Å². The van der Waals surface area contributed by atoms with E-state index in [4.69, 9.17) is 0 Å². The Hall–Kier alpha value is -0.720. The molecule has 0 aromatic carbocycles. The largest absolute Gasteiger partial charge is 0.394 e. The summed E-state index contributed by atoms with van der Waals surface area (Å²) in [5, 5.41) is 19.9. The van der Waals surface area contributed by atoms with Gasteiger partial charge in [-0.25, -0.2) is 4.98 Å². The fourth-order valence-corrected chi connectivity index (χ4v) is 3.82. The second kappa shape index (κ2) is 5.11. The van der Waals surface area contributed by atoms with Crippen molar-refractivity contribution in [2.24, 2.45) is 0 Å². The molecule has 2 fully saturated rings. The third kappa shape index (κ3) is 2.24. The Balaban J connectivity index is 1.75. The third-order valence-electron chi connectivity index (χ3n) is 4.00. The number of β-amino-alcohol motifs (C(OH)–C–C–N with tert-alkyl or cyclic N) is 1. The van der Waals surface area contributed by atoms with Gasteiger partial charge in [-0.3, -0.25) is 0 Å². The van der Waals surface area contributed by atoms with Gasteiger partial charge in [0.1, 0.15) is 5.82 Å². The van der Waals surface area contributed by atoms with E-state index in [0.717, 1.165) is 11.0 Å². The van der Waals surface area contributed by atoms with Crippen molar-refractivity contribution < 1.29 is 10.2 Å². The average molecular weight is 269 g/mol. The summed E-state index contributed by atoms with van der Waals surface area (Å²) in [5.74, 6) is 1.49. The highest BCUT2D eigenvalue weighted by atomic mass is 32.1. The highest BCUT2D eigenvalue weighted by molar-refractivity contribution is 7.09. The second-order valence-electron chi connectivity index (χ2n) is 5.29. The summed E-state index contributed by atoms with van der Waals surface area (Å²) in [4.78, 5) is 6.62. The van der Waals surface area contributed by atoms with E-state index in [9.17, 15) is 10.2 Å². The van der Waals surface area contributed by atoms with Crippen LogP contribution in [-0.2, 0) is 0 Å². The molecule has 1 aliphatic carbocycles. The number of aliphatic hydroxyl groups excluding tert-OH is 2. The maximum absolute atomic E-state index is 9.68. The molecule has 0 bridgehead atoms. The lowest BCUT2D eigenvalue weighted by Gasteiger charge is -2.20. The van der Waals surface area contributed by atoms with Crippen LogP contribution < -0.4 is 4.90 Å². The molecule has 1 aromatic rings. The fraction of sp³-hybridized carbons (Fsp3) is 0.833. The first-order valence-corrected chi connectivity index (χ1v) is 7.44. The summed E-state index contributed by atoms with van der Waals surface area (Å²) < 4.78 is 4.46. The van der Waals surface area contributed by atoms with Crippen LogP contribution in [0.2, 0.25) is 0 Å². The van der Waals surface area contributed by atoms with Crippen LogP contribution in [0, 0.1) is 0 Å². The van der Waals surface area contributed by atoms with Crippen LogP contribution in [0.1, 0.15) is 43.8 Å². The smallest absolute Gasteiger partial charge is 0.205 e. The summed E-state index contributed by atoms with van der Waals surface area (Å²) in [6.45, 7) is 0.625. The number of nitrogens with zero attached hydrogens (tertiary/aromatic N) is 3. The number of aliphatic hydroxyl groups is 2. The molecule has 18 heavy (non-hydrogen) atoms. The van der Waals surface area contributed by atoms with E-state index in [0.29, 0.717) is 18.9 Å². The molecule has 1 aliphatic heterocycles. The fourth-order valence-electron chi connectivity index (χ4n) is 2.99. The van der Waals surface area contributed by atoms with Crippen LogP contribution in [0.5, 0.6) is 0 Å². The van der Waals surface area contributed by atoms with Crippen molar-refractivity contribution in [1.82, 2.24) is 9.36 Å². The molecular formula is C12H19N3O2S. The Morgan fingerprint density at radius 3 is 2.83 bits per heavy atom. The monoisotopic (exact) mass is 269 g/mol. The van der Waals surface area contributed by atoms with Gasteiger partial charge in [0.2, 0.25) is 5.13 Å². The van der Waals surface area contributed by atoms with E-state index < -0.39 is 0 Å². The number of anilines is 1. The van der Waals surface area contributed by atoms with Crippen LogP contribution in [0.3, 0.4) is 0 Å². The zero-order valence-electron chi connectivity index (χ0n) is 10.3. The van der Waals surface area contributed by atoms with E-state index in [1.165, 1.54) is 37.2 Å². The number of hydrogen-bond donors (Lipinski definition) is 2. The van der Waals surface area contributed by atoms with Gasteiger partial charge in [0.05, 0.1) is 18.8 Å². The normalized spacial score (nSPS) is 29.3. The van der Waals surface area contributed by atoms with E-state index in [2.05, 4.69) is 9.36 Å². The van der Waals surface area contributed by atoms with Gasteiger partial charge in [0, 0.05) is 24.0 Å². The summed E-state index contributed by atoms with van der Waals surface area (Å²) in [7, 11) is 0. The molecule has 1 saturated heterocycles. The first-order valence-electron chi connectivity index (χ1n) is 6.67. The van der Waals surface area contributed by atoms with Crippen molar-refractivity contribution in [3.05, 3.63) is 5.82 Å². The minimum atomic E-state index is -0.360. The molecule has 2 atom stereocenters. The number of rotatable bonds is 3. The Kier molecular flexibility index (Phi) is 3.50. The lowest BCUT2D eigenvalue weighted by Crippen LogP contribution is -2.32. The van der Waals surface area contributed by atoms with Crippen LogP contribution in [0.15, 0.2) is 0 Å². The minimum Gasteiger partial charge on any atom is -0.394 e. The predicted molar refractivity (Wildman–Crippen MR) is 70.0 cm³/mol. The molecule has 0 amide bonds. The zero-order chi connectivity index (χ0) is 12.5. The lowest BCUT2D eigenvalue weighted by atomic mass is 10.1. The average Bonchev–Trinajstić information content (AvgIpc) is 3.08.